The van der Waals surface area contributed by atoms with Gasteiger partial charge >= 0.3 is 0 Å². The molecule has 1 atom stereocenters. The molecule has 2 amide bonds. The van der Waals surface area contributed by atoms with Gasteiger partial charge in [-0.2, -0.15) is 0 Å². The number of anilines is 1. The molecule has 2 aromatic carbocycles. The Balaban J connectivity index is 2.46. The van der Waals surface area contributed by atoms with E-state index in [2.05, 4.69) is 5.32 Å². The van der Waals surface area contributed by atoms with Crippen LogP contribution in [0.5, 0.6) is 0 Å². The van der Waals surface area contributed by atoms with Crippen molar-refractivity contribution in [3.8, 4) is 0 Å². The van der Waals surface area contributed by atoms with Crippen molar-refractivity contribution in [2.45, 2.75) is 59.0 Å². The van der Waals surface area contributed by atoms with E-state index in [1.807, 2.05) is 70.2 Å². The van der Waals surface area contributed by atoms with Crippen molar-refractivity contribution in [3.63, 3.8) is 0 Å². The van der Waals surface area contributed by atoms with Gasteiger partial charge in [-0.15, -0.1) is 0 Å². The van der Waals surface area contributed by atoms with E-state index in [-0.39, 0.29) is 24.9 Å². The first-order valence-electron chi connectivity index (χ1n) is 11.8. The van der Waals surface area contributed by atoms with E-state index >= 15 is 0 Å². The number of para-hydroxylation sites is 1. The fraction of sp³-hybridized carbons (Fsp3) is 0.462. The zero-order chi connectivity index (χ0) is 25.3. The normalized spacial score (nSPS) is 12.3. The third kappa shape index (κ3) is 7.32. The summed E-state index contributed by atoms with van der Waals surface area (Å²) in [5.74, 6) is -0.590. The molecule has 0 fully saturated rings. The van der Waals surface area contributed by atoms with Crippen molar-refractivity contribution in [2.75, 3.05) is 23.7 Å². The number of hydrogen-bond donors (Lipinski definition) is 1. The smallest absolute Gasteiger partial charge is 0.244 e. The molecular weight excluding hydrogens is 450 g/mol. The van der Waals surface area contributed by atoms with Gasteiger partial charge in [-0.05, 0) is 36.0 Å². The second kappa shape index (κ2) is 12.6. The van der Waals surface area contributed by atoms with Gasteiger partial charge in [0.15, 0.2) is 0 Å². The van der Waals surface area contributed by atoms with Crippen LogP contribution in [0.4, 0.5) is 5.69 Å². The topological polar surface area (TPSA) is 86.8 Å². The molecule has 2 rings (SSSR count). The molecular formula is C26H37N3O4S. The SMILES string of the molecule is CCCNC(=O)[C@@H](CC)N(Cc1ccccc1)C(=O)CN(c1ccccc1C(C)C)S(C)(=O)=O. The fourth-order valence-electron chi connectivity index (χ4n) is 3.86. The monoisotopic (exact) mass is 487 g/mol. The third-order valence-electron chi connectivity index (χ3n) is 5.64. The summed E-state index contributed by atoms with van der Waals surface area (Å²) in [7, 11) is -3.76. The lowest BCUT2D eigenvalue weighted by Gasteiger charge is -2.33. The predicted molar refractivity (Wildman–Crippen MR) is 137 cm³/mol. The Morgan fingerprint density at radius 2 is 1.59 bits per heavy atom. The summed E-state index contributed by atoms with van der Waals surface area (Å²) in [6.45, 7) is 8.12. The van der Waals surface area contributed by atoms with Crippen molar-refractivity contribution < 1.29 is 18.0 Å². The zero-order valence-electron chi connectivity index (χ0n) is 20.8. The zero-order valence-corrected chi connectivity index (χ0v) is 21.6. The summed E-state index contributed by atoms with van der Waals surface area (Å²) >= 11 is 0. The molecule has 0 aliphatic carbocycles. The van der Waals surface area contributed by atoms with Crippen LogP contribution in [0.15, 0.2) is 54.6 Å². The van der Waals surface area contributed by atoms with E-state index in [1.165, 1.54) is 4.90 Å². The van der Waals surface area contributed by atoms with Crippen LogP contribution in [-0.4, -0.2) is 50.5 Å². The highest BCUT2D eigenvalue weighted by atomic mass is 32.2. The highest BCUT2D eigenvalue weighted by molar-refractivity contribution is 7.92. The van der Waals surface area contributed by atoms with Crippen LogP contribution < -0.4 is 9.62 Å². The highest BCUT2D eigenvalue weighted by Gasteiger charge is 2.32. The van der Waals surface area contributed by atoms with Gasteiger partial charge in [0.1, 0.15) is 12.6 Å². The van der Waals surface area contributed by atoms with E-state index in [1.54, 1.807) is 12.1 Å². The number of rotatable bonds is 12. The number of benzene rings is 2. The lowest BCUT2D eigenvalue weighted by Crippen LogP contribution is -2.52. The largest absolute Gasteiger partial charge is 0.354 e. The third-order valence-corrected chi connectivity index (χ3v) is 6.76. The van der Waals surface area contributed by atoms with Gasteiger partial charge < -0.3 is 10.2 Å². The molecule has 186 valence electrons. The highest BCUT2D eigenvalue weighted by Crippen LogP contribution is 2.29. The number of hydrogen-bond acceptors (Lipinski definition) is 4. The number of sulfonamides is 1. The van der Waals surface area contributed by atoms with Crippen molar-refractivity contribution in [1.82, 2.24) is 10.2 Å². The molecule has 0 aliphatic heterocycles. The Kier molecular flexibility index (Phi) is 10.1. The number of carbonyl (C=O) groups is 2. The molecule has 0 saturated carbocycles. The Morgan fingerprint density at radius 1 is 0.971 bits per heavy atom. The first kappa shape index (κ1) is 27.4. The Hall–Kier alpha value is -2.87. The van der Waals surface area contributed by atoms with Gasteiger partial charge in [0.25, 0.3) is 0 Å². The van der Waals surface area contributed by atoms with Crippen molar-refractivity contribution in [1.29, 1.82) is 0 Å². The molecule has 0 aliphatic rings. The van der Waals surface area contributed by atoms with Crippen LogP contribution in [0.1, 0.15) is 57.6 Å². The van der Waals surface area contributed by atoms with Crippen LogP contribution >= 0.6 is 0 Å². The van der Waals surface area contributed by atoms with Crippen LogP contribution in [-0.2, 0) is 26.2 Å². The first-order chi connectivity index (χ1) is 16.1. The summed E-state index contributed by atoms with van der Waals surface area (Å²) in [5.41, 5.74) is 2.19. The van der Waals surface area contributed by atoms with Gasteiger partial charge in [-0.3, -0.25) is 13.9 Å². The van der Waals surface area contributed by atoms with Crippen LogP contribution in [0, 0.1) is 0 Å². The number of nitrogens with zero attached hydrogens (tertiary/aromatic N) is 2. The van der Waals surface area contributed by atoms with Gasteiger partial charge in [0, 0.05) is 13.1 Å². The molecule has 0 radical (unpaired) electrons. The Bertz CT molecular complexity index is 1050. The lowest BCUT2D eigenvalue weighted by atomic mass is 10.0. The molecule has 0 bridgehead atoms. The van der Waals surface area contributed by atoms with E-state index in [4.69, 9.17) is 0 Å². The lowest BCUT2D eigenvalue weighted by molar-refractivity contribution is -0.140. The molecule has 0 aromatic heterocycles. The maximum atomic E-state index is 13.7. The molecule has 1 N–H and O–H groups in total. The average Bonchev–Trinajstić information content (AvgIpc) is 2.80. The minimum absolute atomic E-state index is 0.0687. The van der Waals surface area contributed by atoms with Crippen molar-refractivity contribution in [2.24, 2.45) is 0 Å². The van der Waals surface area contributed by atoms with Crippen molar-refractivity contribution in [3.05, 3.63) is 65.7 Å². The first-order valence-corrected chi connectivity index (χ1v) is 13.6. The minimum Gasteiger partial charge on any atom is -0.354 e. The predicted octanol–water partition coefficient (Wildman–Crippen LogP) is 3.91. The summed E-state index contributed by atoms with van der Waals surface area (Å²) in [4.78, 5) is 28.1. The fourth-order valence-corrected chi connectivity index (χ4v) is 4.73. The Morgan fingerprint density at radius 3 is 2.15 bits per heavy atom. The maximum Gasteiger partial charge on any atom is 0.244 e. The molecule has 34 heavy (non-hydrogen) atoms. The molecule has 0 heterocycles. The number of carbonyl (C=O) groups excluding carboxylic acids is 2. The number of nitrogens with one attached hydrogen (secondary N) is 1. The van der Waals surface area contributed by atoms with Gasteiger partial charge in [-0.25, -0.2) is 8.42 Å². The molecule has 0 saturated heterocycles. The molecule has 8 heteroatoms. The number of amides is 2. The van der Waals surface area contributed by atoms with E-state index in [0.29, 0.717) is 18.7 Å². The maximum absolute atomic E-state index is 13.7. The van der Waals surface area contributed by atoms with Crippen LogP contribution in [0.3, 0.4) is 0 Å². The van der Waals surface area contributed by atoms with E-state index in [9.17, 15) is 18.0 Å². The Labute approximate surface area is 204 Å². The average molecular weight is 488 g/mol. The summed E-state index contributed by atoms with van der Waals surface area (Å²) in [5, 5.41) is 2.88. The van der Waals surface area contributed by atoms with Gasteiger partial charge in [-0.1, -0.05) is 76.2 Å². The van der Waals surface area contributed by atoms with Crippen LogP contribution in [0.2, 0.25) is 0 Å². The summed E-state index contributed by atoms with van der Waals surface area (Å²) < 4.78 is 26.8. The molecule has 2 aromatic rings. The summed E-state index contributed by atoms with van der Waals surface area (Å²) in [6.07, 6.45) is 2.29. The molecule has 7 nitrogen and oxygen atoms in total. The van der Waals surface area contributed by atoms with Crippen LogP contribution in [0.25, 0.3) is 0 Å². The van der Waals surface area contributed by atoms with Crippen molar-refractivity contribution >= 4 is 27.5 Å². The van der Waals surface area contributed by atoms with E-state index in [0.717, 1.165) is 28.1 Å². The van der Waals surface area contributed by atoms with Gasteiger partial charge in [0.05, 0.1) is 11.9 Å². The standard InChI is InChI=1S/C26H37N3O4S/c1-6-17-27-26(31)23(7-2)28(18-21-13-9-8-10-14-21)25(30)19-29(34(5,32)33)24-16-12-11-15-22(24)20(3)4/h8-16,20,23H,6-7,17-19H2,1-5H3,(H,27,31)/t23-/m1/s1. The second-order valence-electron chi connectivity index (χ2n) is 8.71. The second-order valence-corrected chi connectivity index (χ2v) is 10.6. The van der Waals surface area contributed by atoms with E-state index < -0.39 is 22.0 Å². The quantitative estimate of drug-likeness (QED) is 0.492. The molecule has 0 spiro atoms. The molecule has 0 unspecified atom stereocenters. The minimum atomic E-state index is -3.76. The van der Waals surface area contributed by atoms with Gasteiger partial charge in [0.2, 0.25) is 21.8 Å². The summed E-state index contributed by atoms with van der Waals surface area (Å²) in [6, 6.07) is 15.9.